The normalized spacial score (nSPS) is 10.4. The second-order valence-electron chi connectivity index (χ2n) is 4.22. The Bertz CT molecular complexity index is 516. The van der Waals surface area contributed by atoms with E-state index in [4.69, 9.17) is 0 Å². The van der Waals surface area contributed by atoms with E-state index in [1.165, 1.54) is 11.1 Å². The van der Waals surface area contributed by atoms with Crippen LogP contribution in [0.2, 0.25) is 0 Å². The van der Waals surface area contributed by atoms with Gasteiger partial charge in [0.05, 0.1) is 11.4 Å². The average Bonchev–Trinajstić information content (AvgIpc) is 2.30. The molecule has 2 nitrogen and oxygen atoms in total. The van der Waals surface area contributed by atoms with Crippen molar-refractivity contribution in [3.8, 4) is 0 Å². The highest BCUT2D eigenvalue weighted by molar-refractivity contribution is 9.10. The van der Waals surface area contributed by atoms with Crippen LogP contribution in [-0.4, -0.2) is 4.98 Å². The van der Waals surface area contributed by atoms with Gasteiger partial charge >= 0.3 is 0 Å². The highest BCUT2D eigenvalue weighted by Gasteiger charge is 2.03. The lowest BCUT2D eigenvalue weighted by Gasteiger charge is -2.11. The molecule has 0 aliphatic rings. The van der Waals surface area contributed by atoms with Crippen molar-refractivity contribution in [2.45, 2.75) is 20.4 Å². The number of benzene rings is 1. The molecule has 0 aliphatic heterocycles. The highest BCUT2D eigenvalue weighted by Crippen LogP contribution is 2.21. The molecule has 0 aliphatic carbocycles. The summed E-state index contributed by atoms with van der Waals surface area (Å²) in [7, 11) is 0. The van der Waals surface area contributed by atoms with Gasteiger partial charge in [-0.05, 0) is 59.1 Å². The maximum atomic E-state index is 4.36. The van der Waals surface area contributed by atoms with Gasteiger partial charge in [0, 0.05) is 11.0 Å². The summed E-state index contributed by atoms with van der Waals surface area (Å²) < 4.78 is 2.00. The molecule has 1 aromatic heterocycles. The minimum absolute atomic E-state index is 0.783. The van der Waals surface area contributed by atoms with Gasteiger partial charge in [0.25, 0.3) is 0 Å². The zero-order valence-corrected chi connectivity index (χ0v) is 13.5. The Labute approximate surface area is 124 Å². The van der Waals surface area contributed by atoms with Crippen molar-refractivity contribution in [3.63, 3.8) is 0 Å². The number of nitrogens with one attached hydrogen (secondary N) is 1. The quantitative estimate of drug-likeness (QED) is 0.783. The molecule has 0 unspecified atom stereocenters. The van der Waals surface area contributed by atoms with Crippen molar-refractivity contribution < 1.29 is 0 Å². The topological polar surface area (TPSA) is 24.9 Å². The number of halogens is 2. The van der Waals surface area contributed by atoms with Crippen molar-refractivity contribution >= 4 is 37.5 Å². The fourth-order valence-electron chi connectivity index (χ4n) is 1.70. The summed E-state index contributed by atoms with van der Waals surface area (Å²) >= 11 is 6.95. The van der Waals surface area contributed by atoms with Crippen LogP contribution in [0.4, 0.5) is 5.69 Å². The molecule has 0 amide bonds. The van der Waals surface area contributed by atoms with Crippen molar-refractivity contribution in [2.75, 3.05) is 5.32 Å². The SMILES string of the molecule is Cc1ccc(CNc2ccc(Br)nc2C)c(Br)c1. The Morgan fingerprint density at radius 2 is 1.89 bits per heavy atom. The third-order valence-corrected chi connectivity index (χ3v) is 3.91. The van der Waals surface area contributed by atoms with Crippen LogP contribution in [0.1, 0.15) is 16.8 Å². The molecule has 0 radical (unpaired) electrons. The Kier molecular flexibility index (Phi) is 4.40. The molecule has 1 N–H and O–H groups in total. The number of pyridine rings is 1. The number of hydrogen-bond acceptors (Lipinski definition) is 2. The van der Waals surface area contributed by atoms with E-state index in [2.05, 4.69) is 67.3 Å². The van der Waals surface area contributed by atoms with E-state index in [1.807, 2.05) is 19.1 Å². The van der Waals surface area contributed by atoms with Gasteiger partial charge in [-0.15, -0.1) is 0 Å². The molecule has 0 atom stereocenters. The van der Waals surface area contributed by atoms with E-state index in [9.17, 15) is 0 Å². The lowest BCUT2D eigenvalue weighted by atomic mass is 10.1. The average molecular weight is 370 g/mol. The summed E-state index contributed by atoms with van der Waals surface area (Å²) in [5.74, 6) is 0. The van der Waals surface area contributed by atoms with Crippen molar-refractivity contribution in [1.29, 1.82) is 0 Å². The van der Waals surface area contributed by atoms with Gasteiger partial charge in [-0.1, -0.05) is 28.1 Å². The number of anilines is 1. The van der Waals surface area contributed by atoms with E-state index in [1.54, 1.807) is 0 Å². The molecule has 2 rings (SSSR count). The first kappa shape index (κ1) is 13.6. The first-order valence-corrected chi connectivity index (χ1v) is 7.27. The fraction of sp³-hybridized carbons (Fsp3) is 0.214. The molecular weight excluding hydrogens is 356 g/mol. The minimum atomic E-state index is 0.783. The van der Waals surface area contributed by atoms with Gasteiger partial charge in [-0.2, -0.15) is 0 Å². The number of nitrogens with zero attached hydrogens (tertiary/aromatic N) is 1. The Morgan fingerprint density at radius 3 is 2.56 bits per heavy atom. The van der Waals surface area contributed by atoms with E-state index in [0.717, 1.165) is 27.0 Å². The third-order valence-electron chi connectivity index (χ3n) is 2.73. The molecule has 0 saturated heterocycles. The molecule has 1 heterocycles. The van der Waals surface area contributed by atoms with Crippen LogP contribution < -0.4 is 5.32 Å². The van der Waals surface area contributed by atoms with Crippen LogP contribution in [0, 0.1) is 13.8 Å². The monoisotopic (exact) mass is 368 g/mol. The van der Waals surface area contributed by atoms with Crippen LogP contribution >= 0.6 is 31.9 Å². The standard InChI is InChI=1S/C14H14Br2N2/c1-9-3-4-11(12(15)7-9)8-17-13-5-6-14(16)18-10(13)2/h3-7,17H,8H2,1-2H3. The molecule has 0 fully saturated rings. The maximum Gasteiger partial charge on any atom is 0.106 e. The number of hydrogen-bond donors (Lipinski definition) is 1. The van der Waals surface area contributed by atoms with Gasteiger partial charge in [0.2, 0.25) is 0 Å². The lowest BCUT2D eigenvalue weighted by Crippen LogP contribution is -2.03. The van der Waals surface area contributed by atoms with Crippen molar-refractivity contribution in [3.05, 3.63) is 56.2 Å². The number of rotatable bonds is 3. The second-order valence-corrected chi connectivity index (χ2v) is 5.88. The molecule has 1 aromatic carbocycles. The molecule has 0 spiro atoms. The van der Waals surface area contributed by atoms with E-state index in [0.29, 0.717) is 0 Å². The van der Waals surface area contributed by atoms with E-state index in [-0.39, 0.29) is 0 Å². The molecule has 94 valence electrons. The van der Waals surface area contributed by atoms with Gasteiger partial charge in [-0.25, -0.2) is 4.98 Å². The zero-order chi connectivity index (χ0) is 13.1. The fourth-order valence-corrected chi connectivity index (χ4v) is 2.73. The van der Waals surface area contributed by atoms with Crippen LogP contribution in [-0.2, 0) is 6.54 Å². The first-order valence-electron chi connectivity index (χ1n) is 5.68. The molecular formula is C14H14Br2N2. The Hall–Kier alpha value is -0.870. The van der Waals surface area contributed by atoms with Crippen LogP contribution in [0.3, 0.4) is 0 Å². The minimum Gasteiger partial charge on any atom is -0.379 e. The van der Waals surface area contributed by atoms with Crippen LogP contribution in [0.15, 0.2) is 39.4 Å². The Balaban J connectivity index is 2.11. The van der Waals surface area contributed by atoms with Crippen molar-refractivity contribution in [1.82, 2.24) is 4.98 Å². The predicted octanol–water partition coefficient (Wildman–Crippen LogP) is 4.84. The van der Waals surface area contributed by atoms with Crippen LogP contribution in [0.5, 0.6) is 0 Å². The van der Waals surface area contributed by atoms with E-state index < -0.39 is 0 Å². The molecule has 4 heteroatoms. The first-order chi connectivity index (χ1) is 8.56. The summed E-state index contributed by atoms with van der Waals surface area (Å²) in [6, 6.07) is 10.4. The molecule has 18 heavy (non-hydrogen) atoms. The van der Waals surface area contributed by atoms with Gasteiger partial charge in [0.15, 0.2) is 0 Å². The van der Waals surface area contributed by atoms with Gasteiger partial charge in [-0.3, -0.25) is 0 Å². The predicted molar refractivity (Wildman–Crippen MR) is 82.9 cm³/mol. The third kappa shape index (κ3) is 3.33. The maximum absolute atomic E-state index is 4.36. The Morgan fingerprint density at radius 1 is 1.11 bits per heavy atom. The lowest BCUT2D eigenvalue weighted by molar-refractivity contribution is 1.09. The summed E-state index contributed by atoms with van der Waals surface area (Å²) in [5.41, 5.74) is 4.55. The summed E-state index contributed by atoms with van der Waals surface area (Å²) in [6.07, 6.45) is 0. The second kappa shape index (κ2) is 5.85. The van der Waals surface area contributed by atoms with Gasteiger partial charge in [0.1, 0.15) is 4.60 Å². The van der Waals surface area contributed by atoms with Crippen LogP contribution in [0.25, 0.3) is 0 Å². The van der Waals surface area contributed by atoms with Crippen molar-refractivity contribution in [2.24, 2.45) is 0 Å². The molecule has 0 saturated carbocycles. The highest BCUT2D eigenvalue weighted by atomic mass is 79.9. The summed E-state index contributed by atoms with van der Waals surface area (Å²) in [5, 5.41) is 3.40. The molecule has 0 bridgehead atoms. The zero-order valence-electron chi connectivity index (χ0n) is 10.3. The summed E-state index contributed by atoms with van der Waals surface area (Å²) in [6.45, 7) is 4.87. The van der Waals surface area contributed by atoms with Gasteiger partial charge < -0.3 is 5.32 Å². The number of aryl methyl sites for hydroxylation is 2. The largest absolute Gasteiger partial charge is 0.379 e. The number of aromatic nitrogens is 1. The smallest absolute Gasteiger partial charge is 0.106 e. The molecule has 2 aromatic rings. The summed E-state index contributed by atoms with van der Waals surface area (Å²) in [4.78, 5) is 4.36. The van der Waals surface area contributed by atoms with E-state index >= 15 is 0 Å².